The van der Waals surface area contributed by atoms with Gasteiger partial charge in [0.15, 0.2) is 0 Å². The van der Waals surface area contributed by atoms with Crippen molar-refractivity contribution in [1.29, 1.82) is 0 Å². The Kier molecular flexibility index (Phi) is 4.86. The summed E-state index contributed by atoms with van der Waals surface area (Å²) in [6.45, 7) is 10.4. The summed E-state index contributed by atoms with van der Waals surface area (Å²) in [6.07, 6.45) is 0. The van der Waals surface area contributed by atoms with Crippen molar-refractivity contribution in [2.24, 2.45) is 0 Å². The van der Waals surface area contributed by atoms with Crippen molar-refractivity contribution >= 4 is 17.3 Å². The third-order valence-corrected chi connectivity index (χ3v) is 3.77. The summed E-state index contributed by atoms with van der Waals surface area (Å²) in [6, 6.07) is 10.4. The minimum atomic E-state index is -0.0315. The van der Waals surface area contributed by atoms with E-state index in [1.807, 2.05) is 27.7 Å². The van der Waals surface area contributed by atoms with Crippen LogP contribution < -0.4 is 10.6 Å². The van der Waals surface area contributed by atoms with E-state index in [9.17, 15) is 4.79 Å². The molecule has 0 saturated heterocycles. The number of hydrogen-bond acceptors (Lipinski definition) is 2. The fraction of sp³-hybridized carbons (Fsp3) is 0.316. The van der Waals surface area contributed by atoms with Gasteiger partial charge >= 0.3 is 0 Å². The lowest BCUT2D eigenvalue weighted by molar-refractivity contribution is -0.114. The number of anilines is 2. The van der Waals surface area contributed by atoms with Crippen LogP contribution in [0.2, 0.25) is 0 Å². The maximum Gasteiger partial charge on any atom is 0.243 e. The fourth-order valence-corrected chi connectivity index (χ4v) is 2.66. The predicted molar refractivity (Wildman–Crippen MR) is 93.7 cm³/mol. The Balaban J connectivity index is 2.03. The van der Waals surface area contributed by atoms with Crippen molar-refractivity contribution < 1.29 is 4.79 Å². The van der Waals surface area contributed by atoms with Crippen LogP contribution in [0.3, 0.4) is 0 Å². The van der Waals surface area contributed by atoms with Crippen LogP contribution in [-0.4, -0.2) is 12.5 Å². The van der Waals surface area contributed by atoms with Gasteiger partial charge in [-0.1, -0.05) is 29.8 Å². The number of benzene rings is 2. The first kappa shape index (κ1) is 16.1. The zero-order valence-electron chi connectivity index (χ0n) is 14.0. The first-order valence-corrected chi connectivity index (χ1v) is 7.55. The number of aryl methyl sites for hydroxylation is 5. The lowest BCUT2D eigenvalue weighted by Gasteiger charge is -2.14. The van der Waals surface area contributed by atoms with Gasteiger partial charge < -0.3 is 10.6 Å². The molecule has 0 radical (unpaired) electrons. The Labute approximate surface area is 132 Å². The molecular weight excluding hydrogens is 272 g/mol. The quantitative estimate of drug-likeness (QED) is 0.884. The zero-order valence-corrected chi connectivity index (χ0v) is 14.0. The molecule has 0 bridgehead atoms. The molecule has 2 N–H and O–H groups in total. The van der Waals surface area contributed by atoms with Gasteiger partial charge in [-0.3, -0.25) is 4.79 Å². The normalized spacial score (nSPS) is 10.4. The summed E-state index contributed by atoms with van der Waals surface area (Å²) < 4.78 is 0. The molecule has 0 saturated carbocycles. The highest BCUT2D eigenvalue weighted by atomic mass is 16.1. The SMILES string of the molecule is Cc1cc(C)c(NC(=O)CNc2cc(C)ccc2C)c(C)c1. The molecule has 2 aromatic rings. The molecule has 0 fully saturated rings. The average molecular weight is 296 g/mol. The summed E-state index contributed by atoms with van der Waals surface area (Å²) in [5.74, 6) is -0.0315. The second kappa shape index (κ2) is 6.65. The second-order valence-corrected chi connectivity index (χ2v) is 5.99. The number of carbonyl (C=O) groups excluding carboxylic acids is 1. The number of rotatable bonds is 4. The molecule has 0 atom stereocenters. The van der Waals surface area contributed by atoms with E-state index in [0.717, 1.165) is 28.1 Å². The van der Waals surface area contributed by atoms with Gasteiger partial charge in [0.25, 0.3) is 0 Å². The Hall–Kier alpha value is -2.29. The number of carbonyl (C=O) groups is 1. The Morgan fingerprint density at radius 1 is 0.864 bits per heavy atom. The number of amides is 1. The van der Waals surface area contributed by atoms with Crippen molar-refractivity contribution in [2.75, 3.05) is 17.2 Å². The third-order valence-electron chi connectivity index (χ3n) is 3.77. The lowest BCUT2D eigenvalue weighted by Crippen LogP contribution is -2.23. The number of nitrogens with one attached hydrogen (secondary N) is 2. The van der Waals surface area contributed by atoms with Crippen molar-refractivity contribution in [1.82, 2.24) is 0 Å². The van der Waals surface area contributed by atoms with E-state index in [0.29, 0.717) is 0 Å². The molecule has 0 heterocycles. The van der Waals surface area contributed by atoms with Crippen LogP contribution >= 0.6 is 0 Å². The Morgan fingerprint density at radius 3 is 2.14 bits per heavy atom. The Bertz CT molecular complexity index is 682. The maximum absolute atomic E-state index is 12.2. The highest BCUT2D eigenvalue weighted by Crippen LogP contribution is 2.22. The maximum atomic E-state index is 12.2. The summed E-state index contributed by atoms with van der Waals surface area (Å²) in [5, 5.41) is 6.22. The van der Waals surface area contributed by atoms with Gasteiger partial charge in [0.05, 0.1) is 6.54 Å². The fourth-order valence-electron chi connectivity index (χ4n) is 2.66. The first-order valence-electron chi connectivity index (χ1n) is 7.55. The van der Waals surface area contributed by atoms with E-state index < -0.39 is 0 Å². The van der Waals surface area contributed by atoms with E-state index >= 15 is 0 Å². The molecule has 0 aliphatic heterocycles. The topological polar surface area (TPSA) is 41.1 Å². The molecule has 0 unspecified atom stereocenters. The molecule has 0 aromatic heterocycles. The second-order valence-electron chi connectivity index (χ2n) is 5.99. The monoisotopic (exact) mass is 296 g/mol. The molecule has 3 nitrogen and oxygen atoms in total. The highest BCUT2D eigenvalue weighted by Gasteiger charge is 2.08. The third kappa shape index (κ3) is 3.88. The van der Waals surface area contributed by atoms with E-state index in [1.54, 1.807) is 0 Å². The van der Waals surface area contributed by atoms with Gasteiger partial charge in [0, 0.05) is 11.4 Å². The van der Waals surface area contributed by atoms with Crippen LogP contribution in [0.15, 0.2) is 30.3 Å². The first-order chi connectivity index (χ1) is 10.4. The van der Waals surface area contributed by atoms with Crippen LogP contribution in [0.25, 0.3) is 0 Å². The number of hydrogen-bond donors (Lipinski definition) is 2. The van der Waals surface area contributed by atoms with Gasteiger partial charge in [-0.05, 0) is 62.9 Å². The summed E-state index contributed by atoms with van der Waals surface area (Å²) in [5.41, 5.74) is 7.64. The summed E-state index contributed by atoms with van der Waals surface area (Å²) in [4.78, 5) is 12.2. The Morgan fingerprint density at radius 2 is 1.50 bits per heavy atom. The highest BCUT2D eigenvalue weighted by molar-refractivity contribution is 5.95. The smallest absolute Gasteiger partial charge is 0.243 e. The average Bonchev–Trinajstić information content (AvgIpc) is 2.44. The van der Waals surface area contributed by atoms with Gasteiger partial charge in [-0.25, -0.2) is 0 Å². The van der Waals surface area contributed by atoms with Crippen molar-refractivity contribution in [2.45, 2.75) is 34.6 Å². The van der Waals surface area contributed by atoms with E-state index in [4.69, 9.17) is 0 Å². The minimum absolute atomic E-state index is 0.0315. The van der Waals surface area contributed by atoms with Crippen molar-refractivity contribution in [3.05, 3.63) is 58.1 Å². The molecule has 0 aliphatic rings. The zero-order chi connectivity index (χ0) is 16.3. The van der Waals surface area contributed by atoms with Crippen molar-refractivity contribution in [3.63, 3.8) is 0 Å². The molecule has 2 rings (SSSR count). The van der Waals surface area contributed by atoms with E-state index in [-0.39, 0.29) is 12.5 Å². The van der Waals surface area contributed by atoms with Gasteiger partial charge in [-0.2, -0.15) is 0 Å². The van der Waals surface area contributed by atoms with Crippen LogP contribution in [-0.2, 0) is 4.79 Å². The van der Waals surface area contributed by atoms with Gasteiger partial charge in [0.1, 0.15) is 0 Å². The van der Waals surface area contributed by atoms with Gasteiger partial charge in [-0.15, -0.1) is 0 Å². The lowest BCUT2D eigenvalue weighted by atomic mass is 10.1. The van der Waals surface area contributed by atoms with Crippen LogP contribution in [0.4, 0.5) is 11.4 Å². The van der Waals surface area contributed by atoms with Gasteiger partial charge in [0.2, 0.25) is 5.91 Å². The molecule has 22 heavy (non-hydrogen) atoms. The summed E-state index contributed by atoms with van der Waals surface area (Å²) in [7, 11) is 0. The largest absolute Gasteiger partial charge is 0.376 e. The standard InChI is InChI=1S/C19H24N2O/c1-12-6-7-14(3)17(10-12)20-11-18(22)21-19-15(4)8-13(2)9-16(19)5/h6-10,20H,11H2,1-5H3,(H,21,22). The summed E-state index contributed by atoms with van der Waals surface area (Å²) >= 11 is 0. The molecule has 0 aliphatic carbocycles. The molecule has 3 heteroatoms. The van der Waals surface area contributed by atoms with Crippen LogP contribution in [0.5, 0.6) is 0 Å². The molecule has 2 aromatic carbocycles. The molecule has 0 spiro atoms. The minimum Gasteiger partial charge on any atom is -0.376 e. The molecule has 1 amide bonds. The van der Waals surface area contributed by atoms with E-state index in [1.165, 1.54) is 11.1 Å². The van der Waals surface area contributed by atoms with Crippen LogP contribution in [0.1, 0.15) is 27.8 Å². The predicted octanol–water partition coefficient (Wildman–Crippen LogP) is 4.28. The van der Waals surface area contributed by atoms with Crippen molar-refractivity contribution in [3.8, 4) is 0 Å². The molecular formula is C19H24N2O. The van der Waals surface area contributed by atoms with E-state index in [2.05, 4.69) is 47.9 Å². The molecule has 116 valence electrons. The van der Waals surface area contributed by atoms with Crippen LogP contribution in [0, 0.1) is 34.6 Å².